The van der Waals surface area contributed by atoms with Crippen LogP contribution in [0.3, 0.4) is 0 Å². The van der Waals surface area contributed by atoms with Gasteiger partial charge in [0.15, 0.2) is 0 Å². The summed E-state index contributed by atoms with van der Waals surface area (Å²) in [5, 5.41) is 6.39. The Morgan fingerprint density at radius 1 is 1.20 bits per heavy atom. The number of nitrogens with zero attached hydrogens (tertiary/aromatic N) is 3. The van der Waals surface area contributed by atoms with Crippen LogP contribution in [0.25, 0.3) is 0 Å². The van der Waals surface area contributed by atoms with Crippen molar-refractivity contribution in [1.29, 1.82) is 0 Å². The molecule has 0 spiro atoms. The Morgan fingerprint density at radius 3 is 2.72 bits per heavy atom. The molecule has 1 aliphatic heterocycles. The minimum absolute atomic E-state index is 0.233. The number of aromatic nitrogens is 2. The predicted octanol–water partition coefficient (Wildman–Crippen LogP) is 2.82. The Hall–Kier alpha value is -1.85. The van der Waals surface area contributed by atoms with Crippen LogP contribution in [0.4, 0.5) is 11.6 Å². The molecule has 6 nitrogen and oxygen atoms in total. The second-order valence-corrected chi connectivity index (χ2v) is 7.40. The molecular formula is C19H31N5O. The fourth-order valence-electron chi connectivity index (χ4n) is 3.32. The topological polar surface area (TPSA) is 70.2 Å². The number of hydrogen-bond donors (Lipinski definition) is 2. The molecular weight excluding hydrogens is 314 g/mol. The zero-order valence-electron chi connectivity index (χ0n) is 15.3. The summed E-state index contributed by atoms with van der Waals surface area (Å²) in [6.07, 6.45) is 9.26. The molecule has 0 atom stereocenters. The van der Waals surface area contributed by atoms with E-state index in [1.54, 1.807) is 6.33 Å². The van der Waals surface area contributed by atoms with Gasteiger partial charge in [-0.05, 0) is 50.4 Å². The molecule has 0 aromatic carbocycles. The number of rotatable bonds is 9. The molecule has 25 heavy (non-hydrogen) atoms. The lowest BCUT2D eigenvalue weighted by Crippen LogP contribution is -2.35. The average molecular weight is 345 g/mol. The lowest BCUT2D eigenvalue weighted by atomic mass is 9.92. The van der Waals surface area contributed by atoms with Crippen molar-refractivity contribution in [3.8, 4) is 0 Å². The van der Waals surface area contributed by atoms with E-state index < -0.39 is 0 Å². The number of anilines is 2. The van der Waals surface area contributed by atoms with Gasteiger partial charge in [0.1, 0.15) is 18.0 Å². The lowest BCUT2D eigenvalue weighted by Gasteiger charge is -2.32. The Labute approximate surface area is 150 Å². The molecule has 1 saturated carbocycles. The minimum Gasteiger partial charge on any atom is -0.370 e. The monoisotopic (exact) mass is 345 g/mol. The van der Waals surface area contributed by atoms with Gasteiger partial charge in [0.2, 0.25) is 5.91 Å². The lowest BCUT2D eigenvalue weighted by molar-refractivity contribution is -0.121. The molecule has 3 rings (SSSR count). The van der Waals surface area contributed by atoms with E-state index >= 15 is 0 Å². The number of hydrogen-bond acceptors (Lipinski definition) is 5. The van der Waals surface area contributed by atoms with Crippen LogP contribution in [0, 0.1) is 11.8 Å². The quantitative estimate of drug-likeness (QED) is 0.720. The highest BCUT2D eigenvalue weighted by Gasteiger charge is 2.23. The van der Waals surface area contributed by atoms with Crippen LogP contribution >= 0.6 is 0 Å². The van der Waals surface area contributed by atoms with Gasteiger partial charge >= 0.3 is 0 Å². The van der Waals surface area contributed by atoms with Crippen molar-refractivity contribution in [2.45, 2.75) is 51.9 Å². The van der Waals surface area contributed by atoms with Crippen molar-refractivity contribution >= 4 is 17.5 Å². The summed E-state index contributed by atoms with van der Waals surface area (Å²) in [6, 6.07) is 2.04. The molecule has 2 aliphatic rings. The molecule has 0 unspecified atom stereocenters. The van der Waals surface area contributed by atoms with E-state index in [9.17, 15) is 4.79 Å². The molecule has 1 aromatic heterocycles. The highest BCUT2D eigenvalue weighted by atomic mass is 16.1. The largest absolute Gasteiger partial charge is 0.370 e. The zero-order chi connectivity index (χ0) is 17.5. The molecule has 2 N–H and O–H groups in total. The third kappa shape index (κ3) is 5.87. The van der Waals surface area contributed by atoms with Crippen LogP contribution in [-0.2, 0) is 4.79 Å². The van der Waals surface area contributed by atoms with Gasteiger partial charge in [0, 0.05) is 38.7 Å². The number of piperidine rings is 1. The van der Waals surface area contributed by atoms with Crippen molar-refractivity contribution < 1.29 is 4.79 Å². The van der Waals surface area contributed by atoms with Gasteiger partial charge in [-0.25, -0.2) is 9.97 Å². The molecule has 1 aliphatic carbocycles. The highest BCUT2D eigenvalue weighted by Crippen LogP contribution is 2.28. The van der Waals surface area contributed by atoms with Crippen LogP contribution in [0.2, 0.25) is 0 Å². The molecule has 2 fully saturated rings. The summed E-state index contributed by atoms with van der Waals surface area (Å²) in [4.78, 5) is 22.9. The Kier molecular flexibility index (Phi) is 6.48. The number of carbonyl (C=O) groups excluding carboxylic acids is 1. The molecule has 1 aromatic rings. The van der Waals surface area contributed by atoms with Gasteiger partial charge in [0.25, 0.3) is 0 Å². The summed E-state index contributed by atoms with van der Waals surface area (Å²) < 4.78 is 0. The van der Waals surface area contributed by atoms with Gasteiger partial charge < -0.3 is 15.5 Å². The third-order valence-electron chi connectivity index (χ3n) is 5.21. The van der Waals surface area contributed by atoms with Crippen LogP contribution < -0.4 is 15.5 Å². The molecule has 0 bridgehead atoms. The number of carbonyl (C=O) groups is 1. The summed E-state index contributed by atoms with van der Waals surface area (Å²) in [6.45, 7) is 5.99. The van der Waals surface area contributed by atoms with Gasteiger partial charge in [-0.1, -0.05) is 6.92 Å². The normalized spacial score (nSPS) is 18.2. The molecule has 2 heterocycles. The highest BCUT2D eigenvalue weighted by molar-refractivity contribution is 5.75. The summed E-state index contributed by atoms with van der Waals surface area (Å²) in [5.41, 5.74) is 0. The summed E-state index contributed by atoms with van der Waals surface area (Å²) in [5.74, 6) is 3.56. The van der Waals surface area contributed by atoms with E-state index in [-0.39, 0.29) is 5.91 Å². The average Bonchev–Trinajstić information content (AvgIpc) is 3.48. The van der Waals surface area contributed by atoms with Crippen LogP contribution in [0.15, 0.2) is 12.4 Å². The maximum Gasteiger partial charge on any atom is 0.220 e. The predicted molar refractivity (Wildman–Crippen MR) is 101 cm³/mol. The fraction of sp³-hybridized carbons (Fsp3) is 0.737. The van der Waals surface area contributed by atoms with Crippen LogP contribution in [0.5, 0.6) is 0 Å². The molecule has 1 saturated heterocycles. The Morgan fingerprint density at radius 2 is 2.00 bits per heavy atom. The second-order valence-electron chi connectivity index (χ2n) is 7.40. The maximum atomic E-state index is 11.9. The first-order valence-electron chi connectivity index (χ1n) is 9.82. The van der Waals surface area contributed by atoms with Crippen molar-refractivity contribution in [3.05, 3.63) is 12.4 Å². The number of amides is 1. The zero-order valence-corrected chi connectivity index (χ0v) is 15.3. The minimum atomic E-state index is 0.233. The van der Waals surface area contributed by atoms with Gasteiger partial charge in [-0.15, -0.1) is 0 Å². The fourth-order valence-corrected chi connectivity index (χ4v) is 3.32. The Bertz CT molecular complexity index is 553. The van der Waals surface area contributed by atoms with Crippen molar-refractivity contribution in [3.63, 3.8) is 0 Å². The number of nitrogens with one attached hydrogen (secondary N) is 2. The van der Waals surface area contributed by atoms with E-state index in [0.29, 0.717) is 12.3 Å². The first-order chi connectivity index (χ1) is 12.2. The summed E-state index contributed by atoms with van der Waals surface area (Å²) >= 11 is 0. The van der Waals surface area contributed by atoms with Gasteiger partial charge in [-0.2, -0.15) is 0 Å². The third-order valence-corrected chi connectivity index (χ3v) is 5.21. The van der Waals surface area contributed by atoms with E-state index in [0.717, 1.165) is 69.4 Å². The second kappa shape index (κ2) is 9.02. The standard InChI is InChI=1S/C19H31N5O/c1-2-9-20-17-12-18(23-14-22-17)24-10-7-15(8-11-24)5-6-19(25)21-13-16-3-4-16/h12,14-16H,2-11,13H2,1H3,(H,21,25)(H,20,22,23). The molecule has 1 amide bonds. The van der Waals surface area contributed by atoms with Crippen molar-refractivity contribution in [2.24, 2.45) is 11.8 Å². The molecule has 6 heteroatoms. The van der Waals surface area contributed by atoms with Gasteiger partial charge in [0.05, 0.1) is 0 Å². The summed E-state index contributed by atoms with van der Waals surface area (Å²) in [7, 11) is 0. The first-order valence-corrected chi connectivity index (χ1v) is 9.82. The van der Waals surface area contributed by atoms with Crippen molar-refractivity contribution in [1.82, 2.24) is 15.3 Å². The Balaban J connectivity index is 1.38. The van der Waals surface area contributed by atoms with Crippen molar-refractivity contribution in [2.75, 3.05) is 36.4 Å². The van der Waals surface area contributed by atoms with Crippen LogP contribution in [0.1, 0.15) is 51.9 Å². The van der Waals surface area contributed by atoms with E-state index in [1.807, 2.05) is 6.07 Å². The van der Waals surface area contributed by atoms with E-state index in [2.05, 4.69) is 32.4 Å². The maximum absolute atomic E-state index is 11.9. The molecule has 138 valence electrons. The van der Waals surface area contributed by atoms with Crippen LogP contribution in [-0.4, -0.2) is 42.1 Å². The first kappa shape index (κ1) is 18.0. The van der Waals surface area contributed by atoms with E-state index in [1.165, 1.54) is 12.8 Å². The SMILES string of the molecule is CCCNc1cc(N2CCC(CCC(=O)NCC3CC3)CC2)ncn1. The van der Waals surface area contributed by atoms with E-state index in [4.69, 9.17) is 0 Å². The smallest absolute Gasteiger partial charge is 0.220 e. The van der Waals surface area contributed by atoms with Gasteiger partial charge in [-0.3, -0.25) is 4.79 Å². The molecule has 0 radical (unpaired) electrons.